The van der Waals surface area contributed by atoms with Crippen LogP contribution in [0.25, 0.3) is 11.8 Å². The van der Waals surface area contributed by atoms with Crippen LogP contribution in [0.2, 0.25) is 0 Å². The van der Waals surface area contributed by atoms with Crippen molar-refractivity contribution in [3.8, 4) is 5.69 Å². The second-order valence-electron chi connectivity index (χ2n) is 9.15. The van der Waals surface area contributed by atoms with Gasteiger partial charge in [-0.25, -0.2) is 9.79 Å². The number of carbonyl (C=O) groups is 1. The first-order valence-corrected chi connectivity index (χ1v) is 13.2. The van der Waals surface area contributed by atoms with Crippen molar-refractivity contribution in [3.63, 3.8) is 0 Å². The Labute approximate surface area is 227 Å². The van der Waals surface area contributed by atoms with Crippen LogP contribution in [0.15, 0.2) is 81.7 Å². The summed E-state index contributed by atoms with van der Waals surface area (Å²) in [5.41, 5.74) is 4.86. The maximum atomic E-state index is 13.8. The third-order valence-electron chi connectivity index (χ3n) is 6.71. The predicted octanol–water partition coefficient (Wildman–Crippen LogP) is 4.11. The van der Waals surface area contributed by atoms with E-state index < -0.39 is 16.9 Å². The summed E-state index contributed by atoms with van der Waals surface area (Å²) in [5.74, 6) is -0.492. The van der Waals surface area contributed by atoms with Crippen molar-refractivity contribution in [2.45, 2.75) is 33.7 Å². The Hall–Kier alpha value is -4.57. The van der Waals surface area contributed by atoms with E-state index in [4.69, 9.17) is 4.74 Å². The minimum atomic E-state index is -0.656. The maximum Gasteiger partial charge on any atom is 0.338 e. The molecule has 10 heteroatoms. The van der Waals surface area contributed by atoms with Crippen molar-refractivity contribution in [2.24, 2.45) is 4.99 Å². The number of aryl methyl sites for hydroxylation is 1. The molecule has 198 valence electrons. The van der Waals surface area contributed by atoms with Crippen molar-refractivity contribution in [1.82, 2.24) is 9.13 Å². The number of nitrogens with zero attached hydrogens (tertiary/aromatic N) is 4. The van der Waals surface area contributed by atoms with Gasteiger partial charge in [0.15, 0.2) is 4.80 Å². The molecule has 1 atom stereocenters. The van der Waals surface area contributed by atoms with E-state index in [1.807, 2.05) is 60.9 Å². The normalized spacial score (nSPS) is 15.2. The van der Waals surface area contributed by atoms with Crippen molar-refractivity contribution < 1.29 is 14.5 Å². The van der Waals surface area contributed by atoms with Crippen LogP contribution in [0.5, 0.6) is 0 Å². The third kappa shape index (κ3) is 4.63. The molecule has 0 spiro atoms. The third-order valence-corrected chi connectivity index (χ3v) is 7.69. The molecule has 1 aliphatic rings. The fourth-order valence-electron chi connectivity index (χ4n) is 4.94. The second kappa shape index (κ2) is 10.3. The van der Waals surface area contributed by atoms with Gasteiger partial charge in [0.05, 0.1) is 33.4 Å². The minimum absolute atomic E-state index is 0.0213. The summed E-state index contributed by atoms with van der Waals surface area (Å²) in [4.78, 5) is 42.6. The number of hydrogen-bond acceptors (Lipinski definition) is 7. The maximum absolute atomic E-state index is 13.8. The number of non-ortho nitro benzene ring substituents is 1. The molecule has 0 saturated carbocycles. The fourth-order valence-corrected chi connectivity index (χ4v) is 5.98. The first-order valence-electron chi connectivity index (χ1n) is 12.4. The minimum Gasteiger partial charge on any atom is -0.463 e. The smallest absolute Gasteiger partial charge is 0.338 e. The Morgan fingerprint density at radius 1 is 1.13 bits per heavy atom. The van der Waals surface area contributed by atoms with E-state index in [9.17, 15) is 19.7 Å². The molecule has 1 aliphatic heterocycles. The van der Waals surface area contributed by atoms with Crippen LogP contribution in [0.1, 0.15) is 42.4 Å². The molecule has 0 aliphatic carbocycles. The number of benzene rings is 2. The van der Waals surface area contributed by atoms with Crippen molar-refractivity contribution in [3.05, 3.63) is 124 Å². The van der Waals surface area contributed by atoms with Crippen LogP contribution in [-0.2, 0) is 9.53 Å². The highest BCUT2D eigenvalue weighted by Crippen LogP contribution is 2.30. The van der Waals surface area contributed by atoms with E-state index >= 15 is 0 Å². The number of hydrogen-bond donors (Lipinski definition) is 0. The summed E-state index contributed by atoms with van der Waals surface area (Å²) in [6.07, 6.45) is 1.83. The molecule has 39 heavy (non-hydrogen) atoms. The van der Waals surface area contributed by atoms with Gasteiger partial charge in [-0.15, -0.1) is 0 Å². The van der Waals surface area contributed by atoms with Gasteiger partial charge in [0.1, 0.15) is 0 Å². The first-order chi connectivity index (χ1) is 18.7. The number of esters is 1. The number of nitro benzene ring substituents is 1. The van der Waals surface area contributed by atoms with E-state index in [-0.39, 0.29) is 17.9 Å². The average Bonchev–Trinajstić information content (AvgIpc) is 3.37. The molecule has 0 fully saturated rings. The van der Waals surface area contributed by atoms with Crippen molar-refractivity contribution in [1.29, 1.82) is 0 Å². The van der Waals surface area contributed by atoms with E-state index in [1.54, 1.807) is 30.5 Å². The zero-order chi connectivity index (χ0) is 27.8. The molecule has 9 nitrogen and oxygen atoms in total. The van der Waals surface area contributed by atoms with E-state index in [2.05, 4.69) is 4.99 Å². The lowest BCUT2D eigenvalue weighted by Gasteiger charge is -2.24. The molecule has 5 rings (SSSR count). The molecular formula is C29H26N4O5S. The van der Waals surface area contributed by atoms with E-state index in [0.29, 0.717) is 20.6 Å². The van der Waals surface area contributed by atoms with Crippen LogP contribution in [-0.4, -0.2) is 26.6 Å². The Bertz CT molecular complexity index is 1810. The summed E-state index contributed by atoms with van der Waals surface area (Å²) in [6, 6.07) is 17.1. The Morgan fingerprint density at radius 2 is 1.82 bits per heavy atom. The summed E-state index contributed by atoms with van der Waals surface area (Å²) in [7, 11) is 0. The Kier molecular flexibility index (Phi) is 6.88. The summed E-state index contributed by atoms with van der Waals surface area (Å²) in [5, 5.41) is 11.1. The topological polar surface area (TPSA) is 109 Å². The van der Waals surface area contributed by atoms with Gasteiger partial charge < -0.3 is 9.30 Å². The predicted molar refractivity (Wildman–Crippen MR) is 149 cm³/mol. The zero-order valence-corrected chi connectivity index (χ0v) is 22.7. The van der Waals surface area contributed by atoms with Gasteiger partial charge >= 0.3 is 5.97 Å². The number of thiazole rings is 1. The lowest BCUT2D eigenvalue weighted by atomic mass is 9.96. The number of carbonyl (C=O) groups excluding carboxylic acids is 1. The number of nitro groups is 1. The van der Waals surface area contributed by atoms with E-state index in [1.165, 1.54) is 23.5 Å². The molecule has 0 radical (unpaired) electrons. The quantitative estimate of drug-likeness (QED) is 0.207. The standard InChI is InChI=1S/C29H26N4O5S/c1-5-38-28(35)25-18(3)30-29-32(26(25)20-9-7-6-8-10-20)27(34)24(39-29)16-21-15-17(2)31(19(21)4)22-11-13-23(14-12-22)33(36)37/h6-16,26H,5H2,1-4H3. The van der Waals surface area contributed by atoms with Crippen molar-refractivity contribution in [2.75, 3.05) is 6.61 Å². The Balaban J connectivity index is 1.65. The van der Waals surface area contributed by atoms with Crippen LogP contribution < -0.4 is 14.9 Å². The van der Waals surface area contributed by atoms with Gasteiger partial charge in [0, 0.05) is 29.2 Å². The van der Waals surface area contributed by atoms with Gasteiger partial charge in [0.2, 0.25) is 0 Å². The van der Waals surface area contributed by atoms with Crippen LogP contribution in [0, 0.1) is 24.0 Å². The van der Waals surface area contributed by atoms with Gasteiger partial charge in [-0.2, -0.15) is 0 Å². The number of rotatable bonds is 6. The van der Waals surface area contributed by atoms with Gasteiger partial charge in [-0.3, -0.25) is 19.5 Å². The molecule has 3 heterocycles. The zero-order valence-electron chi connectivity index (χ0n) is 21.9. The monoisotopic (exact) mass is 542 g/mol. The first kappa shape index (κ1) is 26.1. The molecule has 0 saturated heterocycles. The number of allylic oxidation sites excluding steroid dienone is 1. The highest BCUT2D eigenvalue weighted by atomic mass is 32.1. The van der Waals surface area contributed by atoms with Crippen LogP contribution >= 0.6 is 11.3 Å². The Morgan fingerprint density at radius 3 is 2.46 bits per heavy atom. The summed E-state index contributed by atoms with van der Waals surface area (Å²) >= 11 is 1.27. The molecule has 0 amide bonds. The molecular weight excluding hydrogens is 516 g/mol. The largest absolute Gasteiger partial charge is 0.463 e. The number of ether oxygens (including phenoxy) is 1. The SMILES string of the molecule is CCOC(=O)C1=C(C)N=c2sc(=Cc3cc(C)n(-c4ccc([N+](=O)[O-])cc4)c3C)c(=O)n2C1c1ccccc1. The van der Waals surface area contributed by atoms with Gasteiger partial charge in [-0.1, -0.05) is 41.7 Å². The molecule has 4 aromatic rings. The molecule has 0 N–H and O–H groups in total. The number of aromatic nitrogens is 2. The molecule has 0 bridgehead atoms. The van der Waals surface area contributed by atoms with Gasteiger partial charge in [0.25, 0.3) is 11.2 Å². The lowest BCUT2D eigenvalue weighted by molar-refractivity contribution is -0.384. The summed E-state index contributed by atoms with van der Waals surface area (Å²) < 4.78 is 9.38. The molecule has 1 unspecified atom stereocenters. The lowest BCUT2D eigenvalue weighted by Crippen LogP contribution is -2.39. The van der Waals surface area contributed by atoms with Crippen LogP contribution in [0.3, 0.4) is 0 Å². The van der Waals surface area contributed by atoms with E-state index in [0.717, 1.165) is 28.2 Å². The summed E-state index contributed by atoms with van der Waals surface area (Å²) in [6.45, 7) is 7.60. The molecule has 2 aromatic heterocycles. The van der Waals surface area contributed by atoms with Gasteiger partial charge in [-0.05, 0) is 63.1 Å². The second-order valence-corrected chi connectivity index (χ2v) is 10.2. The fraction of sp³-hybridized carbons (Fsp3) is 0.207. The highest BCUT2D eigenvalue weighted by Gasteiger charge is 2.33. The van der Waals surface area contributed by atoms with Crippen LogP contribution in [0.4, 0.5) is 5.69 Å². The highest BCUT2D eigenvalue weighted by molar-refractivity contribution is 7.07. The van der Waals surface area contributed by atoms with Crippen molar-refractivity contribution >= 4 is 29.1 Å². The number of fused-ring (bicyclic) bond motifs is 1. The molecule has 2 aromatic carbocycles. The average molecular weight is 543 g/mol.